The molecule has 2 unspecified atom stereocenters. The number of nitrogens with one attached hydrogen (secondary N) is 6. The number of aliphatic hydroxyl groups is 2. The molecule has 2 atom stereocenters. The Morgan fingerprint density at radius 3 is 1.51 bits per heavy atom. The number of unbranched alkanes of at least 4 members (excludes halogenated alkanes) is 5. The molecule has 4 amide bonds. The molecule has 1 aromatic carbocycles. The van der Waals surface area contributed by atoms with Crippen molar-refractivity contribution in [1.82, 2.24) is 31.9 Å². The Kier molecular flexibility index (Phi) is 26.0. The summed E-state index contributed by atoms with van der Waals surface area (Å²) in [5.41, 5.74) is -0.0525. The van der Waals surface area contributed by atoms with Crippen LogP contribution in [0, 0.1) is 5.92 Å². The maximum Gasteiger partial charge on any atom is 0.407 e. The average Bonchev–Trinajstić information content (AvgIpc) is 3.09. The van der Waals surface area contributed by atoms with E-state index >= 15 is 0 Å². The van der Waals surface area contributed by atoms with Crippen LogP contribution in [0.5, 0.6) is 0 Å². The normalized spacial score (nSPS) is 13.3. The summed E-state index contributed by atoms with van der Waals surface area (Å²) in [6, 6.07) is 10.1. The quantitative estimate of drug-likeness (QED) is 0.0427. The molecule has 0 saturated carbocycles. The lowest BCUT2D eigenvalue weighted by Crippen LogP contribution is -2.48. The number of carbonyl (C=O) groups is 4. The lowest BCUT2D eigenvalue weighted by atomic mass is 9.96. The minimum atomic E-state index is -0.932. The van der Waals surface area contributed by atoms with Gasteiger partial charge in [0.25, 0.3) is 0 Å². The molecule has 0 aliphatic rings. The first kappa shape index (κ1) is 49.5. The van der Waals surface area contributed by atoms with E-state index in [1.807, 2.05) is 30.3 Å². The molecule has 0 radical (unpaired) electrons. The highest BCUT2D eigenvalue weighted by atomic mass is 16.6. The number of hydrogen-bond donors (Lipinski definition) is 8. The fourth-order valence-corrected chi connectivity index (χ4v) is 5.31. The van der Waals surface area contributed by atoms with Gasteiger partial charge in [-0.25, -0.2) is 9.59 Å². The van der Waals surface area contributed by atoms with E-state index in [4.69, 9.17) is 14.2 Å². The van der Waals surface area contributed by atoms with Crippen LogP contribution in [0.2, 0.25) is 0 Å². The van der Waals surface area contributed by atoms with Gasteiger partial charge in [-0.3, -0.25) is 20.2 Å². The third-order valence-electron chi connectivity index (χ3n) is 8.10. The Balaban J connectivity index is 2.38. The van der Waals surface area contributed by atoms with Crippen molar-refractivity contribution in [3.05, 3.63) is 35.9 Å². The van der Waals surface area contributed by atoms with Crippen LogP contribution in [0.15, 0.2) is 30.3 Å². The summed E-state index contributed by atoms with van der Waals surface area (Å²) in [6.45, 7) is 14.2. The number of carbonyl (C=O) groups excluding carboxylic acids is 4. The Hall–Kier alpha value is -3.50. The fraction of sp³-hybridized carbons (Fsp3) is 0.750. The Bertz CT molecular complexity index is 1130. The van der Waals surface area contributed by atoms with Crippen LogP contribution < -0.4 is 31.9 Å². The summed E-state index contributed by atoms with van der Waals surface area (Å²) in [4.78, 5) is 47.6. The van der Waals surface area contributed by atoms with Gasteiger partial charge >= 0.3 is 12.2 Å². The molecule has 0 fully saturated rings. The predicted molar refractivity (Wildman–Crippen MR) is 213 cm³/mol. The molecular weight excluding hydrogens is 708 g/mol. The molecule has 316 valence electrons. The number of benzene rings is 1. The van der Waals surface area contributed by atoms with Crippen LogP contribution in [0.25, 0.3) is 0 Å². The predicted octanol–water partition coefficient (Wildman–Crippen LogP) is 4.21. The minimum absolute atomic E-state index is 0.146. The summed E-state index contributed by atoms with van der Waals surface area (Å²) < 4.78 is 16.1. The molecule has 1 rings (SSSR count). The third-order valence-corrected chi connectivity index (χ3v) is 8.10. The molecule has 55 heavy (non-hydrogen) atoms. The van der Waals surface area contributed by atoms with Crippen LogP contribution in [-0.4, -0.2) is 104 Å². The lowest BCUT2D eigenvalue weighted by molar-refractivity contribution is -0.121. The molecule has 0 heterocycles. The van der Waals surface area contributed by atoms with Gasteiger partial charge < -0.3 is 45.7 Å². The zero-order valence-electron chi connectivity index (χ0n) is 34.3. The van der Waals surface area contributed by atoms with E-state index in [1.165, 1.54) is 0 Å². The Labute approximate surface area is 329 Å². The molecule has 0 saturated heterocycles. The Morgan fingerprint density at radius 2 is 1.04 bits per heavy atom. The van der Waals surface area contributed by atoms with Crippen molar-refractivity contribution in [2.75, 3.05) is 45.9 Å². The molecule has 0 aliphatic carbocycles. The van der Waals surface area contributed by atoms with Gasteiger partial charge in [-0.1, -0.05) is 49.6 Å². The van der Waals surface area contributed by atoms with Crippen molar-refractivity contribution in [3.8, 4) is 0 Å². The van der Waals surface area contributed by atoms with Gasteiger partial charge in [0, 0.05) is 51.5 Å². The van der Waals surface area contributed by atoms with Crippen LogP contribution in [0.3, 0.4) is 0 Å². The number of hydrogen-bond acceptors (Lipinski definition) is 11. The van der Waals surface area contributed by atoms with Gasteiger partial charge in [0.05, 0.1) is 6.61 Å². The molecular formula is C40H72N6O9. The maximum atomic E-state index is 12.1. The minimum Gasteiger partial charge on any atom is -0.444 e. The molecule has 0 bridgehead atoms. The largest absolute Gasteiger partial charge is 0.444 e. The maximum absolute atomic E-state index is 12.1. The number of ether oxygens (including phenoxy) is 3. The topological polar surface area (TPSA) is 209 Å². The van der Waals surface area contributed by atoms with Crippen molar-refractivity contribution < 1.29 is 43.6 Å². The van der Waals surface area contributed by atoms with E-state index in [-0.39, 0.29) is 37.7 Å². The van der Waals surface area contributed by atoms with Crippen molar-refractivity contribution >= 4 is 24.0 Å². The average molecular weight is 781 g/mol. The standard InChI is InChI=1S/C40H72N6O9/c1-39(2,3)54-37(51)45-27-21-33(47)41-23-13-15-25-43-35(49)32(20-12-7-8-17-29-53-30-31-18-10-9-11-19-31)36(50)44-26-16-14-24-42-34(48)22-28-46-38(52)55-40(4,5)6/h9-11,18-19,32,35-36,43-44,49-50H,7-8,12-17,20-30H2,1-6H3,(H,41,47)(H,42,48)(H,45,51)(H,46,52). The van der Waals surface area contributed by atoms with E-state index in [1.54, 1.807) is 41.5 Å². The summed E-state index contributed by atoms with van der Waals surface area (Å²) in [6.07, 6.45) is 4.44. The molecule has 0 spiro atoms. The monoisotopic (exact) mass is 781 g/mol. The van der Waals surface area contributed by atoms with Gasteiger partial charge in [-0.2, -0.15) is 0 Å². The SMILES string of the molecule is CC(C)(C)OC(=O)NCCC(=O)NCCCCNC(O)C(CCCCCCOCc1ccccc1)C(O)NCCCCNC(=O)CCNC(=O)OC(C)(C)C. The van der Waals surface area contributed by atoms with Crippen molar-refractivity contribution in [2.45, 2.75) is 142 Å². The van der Waals surface area contributed by atoms with Crippen molar-refractivity contribution in [3.63, 3.8) is 0 Å². The molecule has 15 heteroatoms. The van der Waals surface area contributed by atoms with E-state index in [0.29, 0.717) is 71.5 Å². The van der Waals surface area contributed by atoms with E-state index in [2.05, 4.69) is 31.9 Å². The van der Waals surface area contributed by atoms with Crippen molar-refractivity contribution in [1.29, 1.82) is 0 Å². The van der Waals surface area contributed by atoms with E-state index in [9.17, 15) is 29.4 Å². The highest BCUT2D eigenvalue weighted by Crippen LogP contribution is 2.18. The first-order chi connectivity index (χ1) is 26.1. The van der Waals surface area contributed by atoms with Gasteiger partial charge in [-0.15, -0.1) is 0 Å². The van der Waals surface area contributed by atoms with Gasteiger partial charge in [-0.05, 0) is 98.7 Å². The van der Waals surface area contributed by atoms with Crippen molar-refractivity contribution in [2.24, 2.45) is 5.92 Å². The summed E-state index contributed by atoms with van der Waals surface area (Å²) >= 11 is 0. The molecule has 0 aromatic heterocycles. The summed E-state index contributed by atoms with van der Waals surface area (Å²) in [5.74, 6) is -0.782. The lowest BCUT2D eigenvalue weighted by Gasteiger charge is -2.29. The summed E-state index contributed by atoms with van der Waals surface area (Å²) in [5, 5.41) is 39.2. The molecule has 8 N–H and O–H groups in total. The zero-order chi connectivity index (χ0) is 41.0. The number of rotatable bonds is 29. The number of aliphatic hydroxyl groups excluding tert-OH is 2. The van der Waals surface area contributed by atoms with Crippen LogP contribution in [0.4, 0.5) is 9.59 Å². The smallest absolute Gasteiger partial charge is 0.407 e. The zero-order valence-corrected chi connectivity index (χ0v) is 34.3. The third kappa shape index (κ3) is 29.5. The van der Waals surface area contributed by atoms with Gasteiger partial charge in [0.1, 0.15) is 23.7 Å². The number of alkyl carbamates (subject to hydrolysis) is 2. The highest BCUT2D eigenvalue weighted by Gasteiger charge is 2.26. The highest BCUT2D eigenvalue weighted by molar-refractivity contribution is 5.77. The first-order valence-corrected chi connectivity index (χ1v) is 20.0. The fourth-order valence-electron chi connectivity index (χ4n) is 5.31. The second-order valence-corrected chi connectivity index (χ2v) is 15.7. The van der Waals surface area contributed by atoms with Crippen LogP contribution >= 0.6 is 0 Å². The van der Waals surface area contributed by atoms with Gasteiger partial charge in [0.15, 0.2) is 0 Å². The second-order valence-electron chi connectivity index (χ2n) is 15.7. The molecule has 0 aliphatic heterocycles. The Morgan fingerprint density at radius 1 is 0.582 bits per heavy atom. The van der Waals surface area contributed by atoms with E-state index in [0.717, 1.165) is 31.2 Å². The van der Waals surface area contributed by atoms with Crippen LogP contribution in [-0.2, 0) is 30.4 Å². The first-order valence-electron chi connectivity index (χ1n) is 20.0. The van der Waals surface area contributed by atoms with Gasteiger partial charge in [0.2, 0.25) is 11.8 Å². The molecule has 15 nitrogen and oxygen atoms in total. The second kappa shape index (κ2) is 28.8. The van der Waals surface area contributed by atoms with Crippen LogP contribution in [0.1, 0.15) is 118 Å². The number of amides is 4. The van der Waals surface area contributed by atoms with E-state index < -0.39 is 41.8 Å². The molecule has 1 aromatic rings. The summed E-state index contributed by atoms with van der Waals surface area (Å²) in [7, 11) is 0.